The number of rotatable bonds is 4. The molecule has 0 radical (unpaired) electrons. The van der Waals surface area contributed by atoms with E-state index in [4.69, 9.17) is 17.3 Å². The van der Waals surface area contributed by atoms with E-state index >= 15 is 0 Å². The van der Waals surface area contributed by atoms with Crippen molar-refractivity contribution in [3.8, 4) is 0 Å². The number of imidazole rings is 1. The topological polar surface area (TPSA) is 43.8 Å². The Labute approximate surface area is 106 Å². The number of hydrogen-bond donors (Lipinski definition) is 1. The van der Waals surface area contributed by atoms with Crippen molar-refractivity contribution >= 4 is 11.6 Å². The molecule has 2 rings (SSSR count). The highest BCUT2D eigenvalue weighted by Gasteiger charge is 2.07. The first-order valence-electron chi connectivity index (χ1n) is 5.72. The lowest BCUT2D eigenvalue weighted by molar-refractivity contribution is 0.674. The maximum Gasteiger partial charge on any atom is 0.113 e. The van der Waals surface area contributed by atoms with Crippen LogP contribution in [0.25, 0.3) is 0 Å². The Morgan fingerprint density at radius 1 is 1.29 bits per heavy atom. The minimum Gasteiger partial charge on any atom is -0.331 e. The Kier molecular flexibility index (Phi) is 3.82. The number of aromatic nitrogens is 2. The van der Waals surface area contributed by atoms with Crippen molar-refractivity contribution in [2.75, 3.05) is 0 Å². The minimum absolute atomic E-state index is 0.529. The fourth-order valence-corrected chi connectivity index (χ4v) is 2.05. The number of nitrogens with two attached hydrogens (primary N) is 1. The molecule has 3 nitrogen and oxygen atoms in total. The van der Waals surface area contributed by atoms with Crippen molar-refractivity contribution in [2.45, 2.75) is 26.4 Å². The molecule has 17 heavy (non-hydrogen) atoms. The number of hydrogen-bond acceptors (Lipinski definition) is 2. The van der Waals surface area contributed by atoms with Crippen molar-refractivity contribution in [3.63, 3.8) is 0 Å². The second-order valence-corrected chi connectivity index (χ2v) is 4.35. The van der Waals surface area contributed by atoms with Gasteiger partial charge in [-0.25, -0.2) is 4.98 Å². The predicted octanol–water partition coefficient (Wildman–Crippen LogP) is 2.61. The molecule has 1 heterocycles. The van der Waals surface area contributed by atoms with E-state index < -0.39 is 0 Å². The van der Waals surface area contributed by atoms with E-state index in [1.165, 1.54) is 5.56 Å². The molecule has 0 unspecified atom stereocenters. The number of nitrogens with zero attached hydrogens (tertiary/aromatic N) is 2. The van der Waals surface area contributed by atoms with Gasteiger partial charge in [-0.1, -0.05) is 23.7 Å². The van der Waals surface area contributed by atoms with Crippen LogP contribution in [0.4, 0.5) is 0 Å². The largest absolute Gasteiger partial charge is 0.331 e. The fourth-order valence-electron chi connectivity index (χ4n) is 1.93. The van der Waals surface area contributed by atoms with Crippen LogP contribution in [0.3, 0.4) is 0 Å². The van der Waals surface area contributed by atoms with Crippen LogP contribution in [0.5, 0.6) is 0 Å². The molecule has 0 saturated heterocycles. The van der Waals surface area contributed by atoms with Crippen LogP contribution in [0.2, 0.25) is 5.02 Å². The third-order valence-corrected chi connectivity index (χ3v) is 3.07. The molecule has 0 atom stereocenters. The van der Waals surface area contributed by atoms with Gasteiger partial charge in [0.1, 0.15) is 5.82 Å². The van der Waals surface area contributed by atoms with Crippen LogP contribution in [0.1, 0.15) is 24.0 Å². The normalized spacial score (nSPS) is 10.8. The Balaban J connectivity index is 2.23. The quantitative estimate of drug-likeness (QED) is 0.905. The lowest BCUT2D eigenvalue weighted by atomic mass is 10.1. The number of benzene rings is 1. The second-order valence-electron chi connectivity index (χ2n) is 3.92. The fraction of sp³-hybridized carbons (Fsp3) is 0.308. The van der Waals surface area contributed by atoms with Gasteiger partial charge in [-0.15, -0.1) is 0 Å². The third kappa shape index (κ3) is 2.68. The molecule has 0 bridgehead atoms. The SMILES string of the molecule is CCn1c(CN)cnc1Cc1ccc(Cl)cc1. The average Bonchev–Trinajstić information content (AvgIpc) is 2.74. The summed E-state index contributed by atoms with van der Waals surface area (Å²) >= 11 is 5.86. The molecule has 0 spiro atoms. The molecule has 4 heteroatoms. The van der Waals surface area contributed by atoms with E-state index in [-0.39, 0.29) is 0 Å². The molecule has 2 aromatic rings. The smallest absolute Gasteiger partial charge is 0.113 e. The van der Waals surface area contributed by atoms with Gasteiger partial charge in [0.15, 0.2) is 0 Å². The summed E-state index contributed by atoms with van der Waals surface area (Å²) in [4.78, 5) is 4.43. The summed E-state index contributed by atoms with van der Waals surface area (Å²) in [5.74, 6) is 1.05. The van der Waals surface area contributed by atoms with E-state index in [0.29, 0.717) is 6.54 Å². The summed E-state index contributed by atoms with van der Waals surface area (Å²) in [6.07, 6.45) is 2.67. The Morgan fingerprint density at radius 2 is 2.00 bits per heavy atom. The average molecular weight is 250 g/mol. The zero-order valence-corrected chi connectivity index (χ0v) is 10.6. The molecule has 0 fully saturated rings. The van der Waals surface area contributed by atoms with Crippen LogP contribution in [0.15, 0.2) is 30.5 Å². The maximum atomic E-state index is 5.86. The van der Waals surface area contributed by atoms with Gasteiger partial charge in [0.25, 0.3) is 0 Å². The van der Waals surface area contributed by atoms with Crippen molar-refractivity contribution in [3.05, 3.63) is 52.6 Å². The summed E-state index contributed by atoms with van der Waals surface area (Å²) < 4.78 is 2.16. The summed E-state index contributed by atoms with van der Waals surface area (Å²) in [5, 5.41) is 0.759. The predicted molar refractivity (Wildman–Crippen MR) is 70.1 cm³/mol. The Hall–Kier alpha value is -1.32. The van der Waals surface area contributed by atoms with E-state index in [1.807, 2.05) is 30.5 Å². The monoisotopic (exact) mass is 249 g/mol. The zero-order valence-electron chi connectivity index (χ0n) is 9.86. The van der Waals surface area contributed by atoms with E-state index in [9.17, 15) is 0 Å². The molecule has 0 saturated carbocycles. The second kappa shape index (κ2) is 5.34. The van der Waals surface area contributed by atoms with Crippen molar-refractivity contribution in [1.29, 1.82) is 0 Å². The van der Waals surface area contributed by atoms with E-state index in [0.717, 1.165) is 29.5 Å². The maximum absolute atomic E-state index is 5.86. The Morgan fingerprint density at radius 3 is 2.59 bits per heavy atom. The highest BCUT2D eigenvalue weighted by Crippen LogP contribution is 2.14. The molecule has 0 amide bonds. The number of halogens is 1. The molecule has 90 valence electrons. The van der Waals surface area contributed by atoms with Gasteiger partial charge in [-0.3, -0.25) is 0 Å². The van der Waals surface area contributed by atoms with E-state index in [2.05, 4.69) is 16.5 Å². The molecule has 0 aliphatic rings. The van der Waals surface area contributed by atoms with Crippen molar-refractivity contribution in [1.82, 2.24) is 9.55 Å². The van der Waals surface area contributed by atoms with Crippen LogP contribution in [-0.2, 0) is 19.5 Å². The highest BCUT2D eigenvalue weighted by atomic mass is 35.5. The van der Waals surface area contributed by atoms with Crippen LogP contribution in [0, 0.1) is 0 Å². The molecular formula is C13H16ClN3. The van der Waals surface area contributed by atoms with Crippen LogP contribution in [-0.4, -0.2) is 9.55 Å². The molecule has 2 N–H and O–H groups in total. The lowest BCUT2D eigenvalue weighted by Gasteiger charge is -2.08. The molecule has 1 aromatic heterocycles. The summed E-state index contributed by atoms with van der Waals surface area (Å²) in [6, 6.07) is 7.86. The highest BCUT2D eigenvalue weighted by molar-refractivity contribution is 6.30. The lowest BCUT2D eigenvalue weighted by Crippen LogP contribution is -2.09. The summed E-state index contributed by atoms with van der Waals surface area (Å²) in [7, 11) is 0. The summed E-state index contributed by atoms with van der Waals surface area (Å²) in [6.45, 7) is 3.53. The zero-order chi connectivity index (χ0) is 12.3. The van der Waals surface area contributed by atoms with E-state index in [1.54, 1.807) is 0 Å². The van der Waals surface area contributed by atoms with Gasteiger partial charge in [0.2, 0.25) is 0 Å². The van der Waals surface area contributed by atoms with Gasteiger partial charge < -0.3 is 10.3 Å². The minimum atomic E-state index is 0.529. The first-order chi connectivity index (χ1) is 8.24. The Bertz CT molecular complexity index is 488. The van der Waals surface area contributed by atoms with Gasteiger partial charge in [0, 0.05) is 30.7 Å². The molecule has 0 aliphatic carbocycles. The first-order valence-corrected chi connectivity index (χ1v) is 6.10. The van der Waals surface area contributed by atoms with Crippen molar-refractivity contribution in [2.24, 2.45) is 5.73 Å². The molecular weight excluding hydrogens is 234 g/mol. The molecule has 1 aromatic carbocycles. The van der Waals surface area contributed by atoms with Crippen molar-refractivity contribution < 1.29 is 0 Å². The van der Waals surface area contributed by atoms with Gasteiger partial charge in [-0.05, 0) is 24.6 Å². The van der Waals surface area contributed by atoms with Crippen LogP contribution < -0.4 is 5.73 Å². The molecule has 0 aliphatic heterocycles. The standard InChI is InChI=1S/C13H16ClN3/c1-2-17-12(8-15)9-16-13(17)7-10-3-5-11(14)6-4-10/h3-6,9H,2,7-8,15H2,1H3. The van der Waals surface area contributed by atoms with Gasteiger partial charge in [0.05, 0.1) is 5.69 Å². The van der Waals surface area contributed by atoms with Crippen LogP contribution >= 0.6 is 11.6 Å². The third-order valence-electron chi connectivity index (χ3n) is 2.82. The first kappa shape index (κ1) is 12.1. The summed E-state index contributed by atoms with van der Waals surface area (Å²) in [5.41, 5.74) is 7.96. The van der Waals surface area contributed by atoms with Gasteiger partial charge in [-0.2, -0.15) is 0 Å². The van der Waals surface area contributed by atoms with Gasteiger partial charge >= 0.3 is 0 Å².